The van der Waals surface area contributed by atoms with Crippen LogP contribution in [0.5, 0.6) is 5.75 Å². The van der Waals surface area contributed by atoms with Crippen LogP contribution in [-0.2, 0) is 13.0 Å². The van der Waals surface area contributed by atoms with E-state index in [1.165, 1.54) is 29.3 Å². The average molecular weight is 530 g/mol. The zero-order valence-electron chi connectivity index (χ0n) is 19.1. The number of alkyl halides is 7. The van der Waals surface area contributed by atoms with Gasteiger partial charge in [0.05, 0.1) is 23.4 Å². The fraction of sp³-hybridized carbons (Fsp3) is 0.364. The van der Waals surface area contributed by atoms with Gasteiger partial charge in [0.15, 0.2) is 17.3 Å². The highest BCUT2D eigenvalue weighted by molar-refractivity contribution is 5.98. The van der Waals surface area contributed by atoms with Crippen molar-refractivity contribution >= 4 is 5.91 Å². The van der Waals surface area contributed by atoms with Gasteiger partial charge in [-0.05, 0) is 30.5 Å². The molecule has 4 rings (SSSR count). The van der Waals surface area contributed by atoms with Crippen LogP contribution < -0.4 is 4.74 Å². The third-order valence-corrected chi connectivity index (χ3v) is 5.75. The van der Waals surface area contributed by atoms with Gasteiger partial charge in [-0.25, -0.2) is 9.36 Å². The van der Waals surface area contributed by atoms with Crippen molar-refractivity contribution in [2.24, 2.45) is 7.05 Å². The van der Waals surface area contributed by atoms with Crippen molar-refractivity contribution in [1.82, 2.24) is 24.5 Å². The fourth-order valence-electron chi connectivity index (χ4n) is 3.69. The molecule has 0 unspecified atom stereocenters. The van der Waals surface area contributed by atoms with Crippen LogP contribution in [-0.4, -0.2) is 56.2 Å². The summed E-state index contributed by atoms with van der Waals surface area (Å²) in [6.45, 7) is -3.74. The summed E-state index contributed by atoms with van der Waals surface area (Å²) in [5.74, 6) is -8.22. The second-order valence-electron chi connectivity index (χ2n) is 8.27. The molecule has 2 heterocycles. The lowest BCUT2D eigenvalue weighted by atomic mass is 10.0. The number of ether oxygens (including phenoxy) is 1. The number of amides is 1. The van der Waals surface area contributed by atoms with Crippen LogP contribution in [0.15, 0.2) is 30.6 Å². The molecule has 1 fully saturated rings. The summed E-state index contributed by atoms with van der Waals surface area (Å²) in [4.78, 5) is 14.4. The average Bonchev–Trinajstić information content (AvgIpc) is 3.48. The molecule has 0 bridgehead atoms. The van der Waals surface area contributed by atoms with E-state index < -0.39 is 41.9 Å². The molecule has 0 radical (unpaired) electrons. The van der Waals surface area contributed by atoms with E-state index >= 15 is 0 Å². The first-order valence-corrected chi connectivity index (χ1v) is 10.6. The summed E-state index contributed by atoms with van der Waals surface area (Å²) in [6, 6.07) is 6.26. The van der Waals surface area contributed by atoms with Crippen molar-refractivity contribution in [3.63, 3.8) is 0 Å². The van der Waals surface area contributed by atoms with Crippen LogP contribution in [0.3, 0.4) is 0 Å². The molecule has 0 saturated heterocycles. The number of rotatable bonds is 7. The van der Waals surface area contributed by atoms with Crippen molar-refractivity contribution in [2.75, 3.05) is 7.05 Å². The summed E-state index contributed by atoms with van der Waals surface area (Å²) in [6.07, 6.45) is -2.15. The highest BCUT2D eigenvalue weighted by atomic mass is 19.4. The maximum atomic E-state index is 14.1. The Bertz CT molecular complexity index is 1390. The quantitative estimate of drug-likeness (QED) is 0.416. The smallest absolute Gasteiger partial charge is 0.428 e. The van der Waals surface area contributed by atoms with Gasteiger partial charge in [-0.3, -0.25) is 4.79 Å². The monoisotopic (exact) mass is 530 g/mol. The molecule has 1 saturated carbocycles. The molecule has 8 nitrogen and oxygen atoms in total. The Morgan fingerprint density at radius 2 is 1.89 bits per heavy atom. The van der Waals surface area contributed by atoms with Crippen molar-refractivity contribution in [2.45, 2.75) is 37.6 Å². The van der Waals surface area contributed by atoms with E-state index in [2.05, 4.69) is 14.9 Å². The molecule has 1 aromatic carbocycles. The molecule has 196 valence electrons. The minimum absolute atomic E-state index is 0.0626. The largest absolute Gasteiger partial charge is 0.459 e. The number of aromatic nitrogens is 4. The van der Waals surface area contributed by atoms with Gasteiger partial charge in [0.2, 0.25) is 0 Å². The zero-order chi connectivity index (χ0) is 27.3. The second-order valence-corrected chi connectivity index (χ2v) is 8.27. The zero-order valence-corrected chi connectivity index (χ0v) is 19.1. The van der Waals surface area contributed by atoms with E-state index in [-0.39, 0.29) is 22.7 Å². The van der Waals surface area contributed by atoms with Crippen molar-refractivity contribution in [3.8, 4) is 28.8 Å². The van der Waals surface area contributed by atoms with E-state index in [9.17, 15) is 40.8 Å². The van der Waals surface area contributed by atoms with E-state index in [4.69, 9.17) is 0 Å². The lowest BCUT2D eigenvalue weighted by Gasteiger charge is -2.18. The number of carbonyl (C=O) groups is 1. The Kier molecular flexibility index (Phi) is 6.39. The number of hydrogen-bond acceptors (Lipinski definition) is 5. The number of nitriles is 1. The van der Waals surface area contributed by atoms with Crippen LogP contribution in [0, 0.1) is 11.3 Å². The summed E-state index contributed by atoms with van der Waals surface area (Å²) >= 11 is 0. The first-order valence-electron chi connectivity index (χ1n) is 10.6. The summed E-state index contributed by atoms with van der Waals surface area (Å²) in [5.41, 5.74) is -1.27. The Morgan fingerprint density at radius 3 is 2.46 bits per heavy atom. The van der Waals surface area contributed by atoms with Crippen LogP contribution in [0.1, 0.15) is 34.5 Å². The Morgan fingerprint density at radius 1 is 1.22 bits per heavy atom. The van der Waals surface area contributed by atoms with E-state index in [0.717, 1.165) is 30.8 Å². The minimum atomic E-state index is -6.13. The number of hydrogen-bond donors (Lipinski definition) is 0. The van der Waals surface area contributed by atoms with Gasteiger partial charge in [-0.2, -0.15) is 46.2 Å². The normalized spacial score (nSPS) is 14.1. The predicted octanol–water partition coefficient (Wildman–Crippen LogP) is 4.63. The molecule has 0 spiro atoms. The minimum Gasteiger partial charge on any atom is -0.428 e. The van der Waals surface area contributed by atoms with Crippen LogP contribution in [0.25, 0.3) is 16.9 Å². The molecular formula is C22H17F7N6O2. The van der Waals surface area contributed by atoms with Gasteiger partial charge >= 0.3 is 18.7 Å². The Labute approximate surface area is 204 Å². The molecule has 2 aromatic heterocycles. The van der Waals surface area contributed by atoms with E-state index in [1.54, 1.807) is 7.05 Å². The Balaban J connectivity index is 1.78. The molecule has 37 heavy (non-hydrogen) atoms. The molecular weight excluding hydrogens is 513 g/mol. The maximum Gasteiger partial charge on any atom is 0.459 e. The highest BCUT2D eigenvalue weighted by Gasteiger charge is 2.62. The number of halogens is 7. The lowest BCUT2D eigenvalue weighted by molar-refractivity contribution is -0.291. The predicted molar refractivity (Wildman–Crippen MR) is 112 cm³/mol. The van der Waals surface area contributed by atoms with Gasteiger partial charge in [-0.1, -0.05) is 6.07 Å². The highest BCUT2D eigenvalue weighted by Crippen LogP contribution is 2.48. The van der Waals surface area contributed by atoms with Crippen molar-refractivity contribution < 1.29 is 40.3 Å². The fourth-order valence-corrected chi connectivity index (χ4v) is 3.69. The maximum absolute atomic E-state index is 14.1. The first-order chi connectivity index (χ1) is 17.3. The molecule has 3 aromatic rings. The SMILES string of the molecule is CN(C(=O)c1cc(-c2cnn(-c3c(OC(F)F)c(C(F)(F)C(F)(F)F)nn3C)c2)ccc1C#N)C1CC1. The molecule has 1 aliphatic carbocycles. The third kappa shape index (κ3) is 4.70. The second kappa shape index (κ2) is 9.09. The molecule has 15 heteroatoms. The van der Waals surface area contributed by atoms with E-state index in [1.807, 2.05) is 6.07 Å². The standard InChI is InChI=1S/C22H17F7N6O2/c1-33(14-5-6-14)19(36)15-7-11(3-4-12(15)8-30)13-9-31-35(10-13)18-16(37-20(23)24)17(32-34(18)2)21(25,26)22(27,28)29/h3-4,7,9-10,14,20H,5-6H2,1-2H3. The van der Waals surface area contributed by atoms with Crippen LogP contribution in [0.2, 0.25) is 0 Å². The van der Waals surface area contributed by atoms with Crippen LogP contribution in [0.4, 0.5) is 30.7 Å². The molecule has 0 atom stereocenters. The summed E-state index contributed by atoms with van der Waals surface area (Å²) in [7, 11) is 2.56. The number of nitrogens with zero attached hydrogens (tertiary/aromatic N) is 6. The topological polar surface area (TPSA) is 89.0 Å². The number of benzene rings is 1. The molecule has 1 aliphatic rings. The molecule has 0 N–H and O–H groups in total. The Hall–Kier alpha value is -4.09. The molecule has 0 aliphatic heterocycles. The van der Waals surface area contributed by atoms with Gasteiger partial charge in [-0.15, -0.1) is 0 Å². The van der Waals surface area contributed by atoms with E-state index in [0.29, 0.717) is 10.2 Å². The lowest BCUT2D eigenvalue weighted by Crippen LogP contribution is -2.34. The molecule has 1 amide bonds. The van der Waals surface area contributed by atoms with Crippen molar-refractivity contribution in [1.29, 1.82) is 5.26 Å². The van der Waals surface area contributed by atoms with Gasteiger partial charge in [0, 0.05) is 31.9 Å². The number of carbonyl (C=O) groups excluding carboxylic acids is 1. The van der Waals surface area contributed by atoms with Crippen LogP contribution >= 0.6 is 0 Å². The number of aryl methyl sites for hydroxylation is 1. The summed E-state index contributed by atoms with van der Waals surface area (Å²) in [5, 5.41) is 16.4. The van der Waals surface area contributed by atoms with Gasteiger partial charge < -0.3 is 9.64 Å². The first kappa shape index (κ1) is 26.0. The van der Waals surface area contributed by atoms with Gasteiger partial charge in [0.1, 0.15) is 0 Å². The third-order valence-electron chi connectivity index (χ3n) is 5.75. The van der Waals surface area contributed by atoms with Gasteiger partial charge in [0.25, 0.3) is 5.91 Å². The summed E-state index contributed by atoms with van der Waals surface area (Å²) < 4.78 is 98.3. The van der Waals surface area contributed by atoms with Crippen molar-refractivity contribution in [3.05, 3.63) is 47.4 Å².